The zero-order valence-electron chi connectivity index (χ0n) is 9.15. The van der Waals surface area contributed by atoms with Gasteiger partial charge in [-0.05, 0) is 56.1 Å². The van der Waals surface area contributed by atoms with Crippen LogP contribution >= 0.6 is 31.9 Å². The van der Waals surface area contributed by atoms with E-state index in [-0.39, 0.29) is 5.56 Å². The molecule has 0 amide bonds. The zero-order chi connectivity index (χ0) is 13.1. The summed E-state index contributed by atoms with van der Waals surface area (Å²) in [5.74, 6) is -0.967. The van der Waals surface area contributed by atoms with E-state index < -0.39 is 5.97 Å². The zero-order valence-corrected chi connectivity index (χ0v) is 12.3. The summed E-state index contributed by atoms with van der Waals surface area (Å²) >= 11 is 6.77. The Hall–Kier alpha value is -1.33. The first-order valence-corrected chi connectivity index (χ1v) is 6.71. The molecule has 5 heteroatoms. The van der Waals surface area contributed by atoms with E-state index in [9.17, 15) is 4.79 Å². The van der Waals surface area contributed by atoms with Crippen molar-refractivity contribution in [2.24, 2.45) is 0 Å². The van der Waals surface area contributed by atoms with Gasteiger partial charge in [0.15, 0.2) is 0 Å². The van der Waals surface area contributed by atoms with Crippen LogP contribution in [0.25, 0.3) is 0 Å². The highest BCUT2D eigenvalue weighted by molar-refractivity contribution is 9.11. The van der Waals surface area contributed by atoms with Crippen molar-refractivity contribution in [3.63, 3.8) is 0 Å². The van der Waals surface area contributed by atoms with Crippen molar-refractivity contribution >= 4 is 49.2 Å². The molecule has 0 fully saturated rings. The molecule has 0 aliphatic rings. The number of carboxylic acids is 1. The molecule has 0 radical (unpaired) electrons. The van der Waals surface area contributed by atoms with Crippen molar-refractivity contribution in [3.8, 4) is 0 Å². The van der Waals surface area contributed by atoms with Crippen molar-refractivity contribution in [1.82, 2.24) is 0 Å². The van der Waals surface area contributed by atoms with Gasteiger partial charge >= 0.3 is 5.97 Å². The molecule has 0 aliphatic carbocycles. The minimum Gasteiger partial charge on any atom is -0.478 e. The Morgan fingerprint density at radius 2 is 1.67 bits per heavy atom. The Labute approximate surface area is 121 Å². The number of para-hydroxylation sites is 2. The highest BCUT2D eigenvalue weighted by atomic mass is 79.9. The highest BCUT2D eigenvalue weighted by Crippen LogP contribution is 2.32. The van der Waals surface area contributed by atoms with Crippen molar-refractivity contribution in [2.75, 3.05) is 5.32 Å². The third-order valence-corrected chi connectivity index (χ3v) is 3.73. The van der Waals surface area contributed by atoms with Gasteiger partial charge in [0.1, 0.15) is 0 Å². The fraction of sp³-hybridized carbons (Fsp3) is 0. The van der Waals surface area contributed by atoms with Crippen molar-refractivity contribution < 1.29 is 9.90 Å². The smallest absolute Gasteiger partial charge is 0.337 e. The Morgan fingerprint density at radius 1 is 1.00 bits per heavy atom. The maximum atomic E-state index is 11.2. The number of halogens is 2. The largest absolute Gasteiger partial charge is 0.478 e. The predicted molar refractivity (Wildman–Crippen MR) is 78.5 cm³/mol. The van der Waals surface area contributed by atoms with Crippen LogP contribution in [0.1, 0.15) is 10.4 Å². The second kappa shape index (κ2) is 5.54. The van der Waals surface area contributed by atoms with E-state index in [4.69, 9.17) is 5.11 Å². The van der Waals surface area contributed by atoms with Crippen LogP contribution in [0.3, 0.4) is 0 Å². The lowest BCUT2D eigenvalue weighted by Crippen LogP contribution is -2.03. The number of aromatic carboxylic acids is 1. The number of hydrogen-bond donors (Lipinski definition) is 2. The molecule has 3 nitrogen and oxygen atoms in total. The first-order valence-electron chi connectivity index (χ1n) is 5.13. The number of nitrogens with one attached hydrogen (secondary N) is 1. The van der Waals surface area contributed by atoms with E-state index in [1.165, 1.54) is 0 Å². The van der Waals surface area contributed by atoms with Crippen molar-refractivity contribution in [1.29, 1.82) is 0 Å². The summed E-state index contributed by atoms with van der Waals surface area (Å²) < 4.78 is 1.58. The van der Waals surface area contributed by atoms with Crippen LogP contribution in [0.5, 0.6) is 0 Å². The minimum absolute atomic E-state index is 0.222. The topological polar surface area (TPSA) is 49.3 Å². The fourth-order valence-electron chi connectivity index (χ4n) is 1.53. The number of hydrogen-bond acceptors (Lipinski definition) is 2. The molecule has 92 valence electrons. The van der Waals surface area contributed by atoms with E-state index in [1.54, 1.807) is 18.2 Å². The summed E-state index contributed by atoms with van der Waals surface area (Å²) in [5.41, 5.74) is 1.57. The van der Waals surface area contributed by atoms with Gasteiger partial charge in [0, 0.05) is 8.95 Å². The van der Waals surface area contributed by atoms with Crippen LogP contribution in [0.15, 0.2) is 51.4 Å². The van der Waals surface area contributed by atoms with Crippen LogP contribution < -0.4 is 5.32 Å². The molecular formula is C13H9Br2NO2. The van der Waals surface area contributed by atoms with E-state index in [0.29, 0.717) is 10.2 Å². The summed E-state index contributed by atoms with van der Waals surface area (Å²) in [6, 6.07) is 12.6. The molecule has 2 aromatic rings. The predicted octanol–water partition coefficient (Wildman–Crippen LogP) is 4.65. The van der Waals surface area contributed by atoms with Gasteiger partial charge in [-0.3, -0.25) is 0 Å². The Balaban J connectivity index is 2.46. The van der Waals surface area contributed by atoms with Gasteiger partial charge in [-0.1, -0.05) is 18.2 Å². The molecule has 0 unspecified atom stereocenters. The highest BCUT2D eigenvalue weighted by Gasteiger charge is 2.13. The molecule has 0 atom stereocenters. The number of rotatable bonds is 3. The Kier molecular flexibility index (Phi) is 4.04. The first-order chi connectivity index (χ1) is 8.59. The second-order valence-corrected chi connectivity index (χ2v) is 5.28. The van der Waals surface area contributed by atoms with Gasteiger partial charge in [0.25, 0.3) is 0 Å². The van der Waals surface area contributed by atoms with Crippen LogP contribution in [-0.4, -0.2) is 11.1 Å². The Morgan fingerprint density at radius 3 is 2.33 bits per heavy atom. The van der Waals surface area contributed by atoms with Gasteiger partial charge in [-0.2, -0.15) is 0 Å². The molecule has 0 saturated carbocycles. The molecule has 2 aromatic carbocycles. The monoisotopic (exact) mass is 369 g/mol. The first kappa shape index (κ1) is 13.1. The third-order valence-electron chi connectivity index (χ3n) is 2.38. The average Bonchev–Trinajstić information content (AvgIpc) is 2.34. The molecule has 0 saturated heterocycles. The second-order valence-electron chi connectivity index (χ2n) is 3.57. The quantitative estimate of drug-likeness (QED) is 0.826. The third kappa shape index (κ3) is 2.73. The van der Waals surface area contributed by atoms with Crippen molar-refractivity contribution in [3.05, 3.63) is 57.0 Å². The van der Waals surface area contributed by atoms with Gasteiger partial charge in [0.2, 0.25) is 0 Å². The van der Waals surface area contributed by atoms with Crippen LogP contribution in [-0.2, 0) is 0 Å². The molecule has 0 aromatic heterocycles. The molecule has 0 aliphatic heterocycles. The summed E-state index contributed by atoms with van der Waals surface area (Å²) in [5, 5.41) is 12.3. The normalized spacial score (nSPS) is 10.1. The van der Waals surface area contributed by atoms with Gasteiger partial charge in [0.05, 0.1) is 16.9 Å². The lowest BCUT2D eigenvalue weighted by molar-refractivity contribution is 0.0698. The van der Waals surface area contributed by atoms with Gasteiger partial charge < -0.3 is 10.4 Å². The maximum Gasteiger partial charge on any atom is 0.337 e. The number of carbonyl (C=O) groups is 1. The van der Waals surface area contributed by atoms with Crippen LogP contribution in [0, 0.1) is 0 Å². The maximum absolute atomic E-state index is 11.2. The SMILES string of the molecule is O=C(O)c1cccc(Br)c1Nc1ccccc1Br. The fourth-order valence-corrected chi connectivity index (χ4v) is 2.38. The van der Waals surface area contributed by atoms with E-state index >= 15 is 0 Å². The van der Waals surface area contributed by atoms with Gasteiger partial charge in [-0.25, -0.2) is 4.79 Å². The molecule has 0 spiro atoms. The van der Waals surface area contributed by atoms with E-state index in [2.05, 4.69) is 37.2 Å². The number of carboxylic acid groups (broad SMARTS) is 1. The summed E-state index contributed by atoms with van der Waals surface area (Å²) in [4.78, 5) is 11.2. The Bertz CT molecular complexity index is 599. The molecule has 2 rings (SSSR count). The summed E-state index contributed by atoms with van der Waals surface area (Å²) in [6.45, 7) is 0. The van der Waals surface area contributed by atoms with E-state index in [1.807, 2.05) is 24.3 Å². The summed E-state index contributed by atoms with van der Waals surface area (Å²) in [7, 11) is 0. The summed E-state index contributed by atoms with van der Waals surface area (Å²) in [6.07, 6.45) is 0. The van der Waals surface area contributed by atoms with E-state index in [0.717, 1.165) is 10.2 Å². The number of anilines is 2. The molecule has 0 heterocycles. The average molecular weight is 371 g/mol. The molecular weight excluding hydrogens is 362 g/mol. The van der Waals surface area contributed by atoms with Crippen LogP contribution in [0.4, 0.5) is 11.4 Å². The molecule has 18 heavy (non-hydrogen) atoms. The van der Waals surface area contributed by atoms with Gasteiger partial charge in [-0.15, -0.1) is 0 Å². The van der Waals surface area contributed by atoms with Crippen molar-refractivity contribution in [2.45, 2.75) is 0 Å². The number of benzene rings is 2. The minimum atomic E-state index is -0.967. The lowest BCUT2D eigenvalue weighted by atomic mass is 10.1. The standard InChI is InChI=1S/C13H9Br2NO2/c14-9-5-1-2-7-11(9)16-12-8(13(17)18)4-3-6-10(12)15/h1-7,16H,(H,17,18). The van der Waals surface area contributed by atoms with Crippen LogP contribution in [0.2, 0.25) is 0 Å². The molecule has 2 N–H and O–H groups in total. The molecule has 0 bridgehead atoms. The lowest BCUT2D eigenvalue weighted by Gasteiger charge is -2.12.